The summed E-state index contributed by atoms with van der Waals surface area (Å²) in [4.78, 5) is 27.7. The second kappa shape index (κ2) is 11.1. The van der Waals surface area contributed by atoms with Gasteiger partial charge in [-0.2, -0.15) is 13.2 Å². The van der Waals surface area contributed by atoms with Gasteiger partial charge in [0.05, 0.1) is 48.5 Å². The summed E-state index contributed by atoms with van der Waals surface area (Å²) < 4.78 is 52.4. The molecule has 0 bridgehead atoms. The molecule has 0 saturated carbocycles. The van der Waals surface area contributed by atoms with E-state index >= 15 is 0 Å². The Kier molecular flexibility index (Phi) is 7.73. The number of anilines is 2. The molecule has 1 fully saturated rings. The van der Waals surface area contributed by atoms with Crippen LogP contribution in [0.15, 0.2) is 53.0 Å². The van der Waals surface area contributed by atoms with Crippen molar-refractivity contribution in [3.05, 3.63) is 58.4 Å². The Morgan fingerprint density at radius 1 is 1.10 bits per heavy atom. The molecular weight excluding hydrogens is 559 g/mol. The van der Waals surface area contributed by atoms with Crippen LogP contribution in [0.4, 0.5) is 30.2 Å². The molecule has 5 rings (SSSR count). The molecule has 0 spiro atoms. The van der Waals surface area contributed by atoms with E-state index in [1.165, 1.54) is 24.5 Å². The first-order valence-corrected chi connectivity index (χ1v) is 13.9. The topological polar surface area (TPSA) is 90.7 Å². The molecule has 0 unspecified atom stereocenters. The van der Waals surface area contributed by atoms with E-state index in [-0.39, 0.29) is 29.9 Å². The number of rotatable bonds is 6. The van der Waals surface area contributed by atoms with Gasteiger partial charge in [-0.15, -0.1) is 11.3 Å². The summed E-state index contributed by atoms with van der Waals surface area (Å²) in [6.45, 7) is 5.06. The number of methoxy groups -OCH3 is 2. The average Bonchev–Trinajstić information content (AvgIpc) is 3.40. The zero-order chi connectivity index (χ0) is 29.5. The average molecular weight is 590 g/mol. The Morgan fingerprint density at radius 2 is 1.83 bits per heavy atom. The van der Waals surface area contributed by atoms with Crippen molar-refractivity contribution < 1.29 is 32.5 Å². The summed E-state index contributed by atoms with van der Waals surface area (Å²) in [6, 6.07) is 7.93. The smallest absolute Gasteiger partial charge is 0.416 e. The Balaban J connectivity index is 1.61. The molecule has 3 atom stereocenters. The highest BCUT2D eigenvalue weighted by molar-refractivity contribution is 7.10. The van der Waals surface area contributed by atoms with Gasteiger partial charge in [0.25, 0.3) is 0 Å². The predicted octanol–water partition coefficient (Wildman–Crippen LogP) is 5.80. The molecule has 2 aliphatic rings. The van der Waals surface area contributed by atoms with Crippen LogP contribution in [0.3, 0.4) is 0 Å². The fourth-order valence-electron chi connectivity index (χ4n) is 5.64. The maximum absolute atomic E-state index is 13.9. The van der Waals surface area contributed by atoms with Crippen LogP contribution in [0.1, 0.15) is 36.8 Å². The SMILES string of the molecule is COc1cc(N2[C@H](C)CN(C3=Nc4ccsc4[C@H](CC(=O)O)N3c3cc(C(F)(F)F)ccc3OC)C[C@@H]2C)ccn1. The number of guanidine groups is 1. The number of alkyl halides is 3. The van der Waals surface area contributed by atoms with Crippen molar-refractivity contribution in [1.82, 2.24) is 9.88 Å². The number of pyridine rings is 1. The van der Waals surface area contributed by atoms with Crippen molar-refractivity contribution in [2.45, 2.75) is 44.6 Å². The monoisotopic (exact) mass is 589 g/mol. The standard InChI is InChI=1S/C28H30F3N5O4S/c1-16-14-34(15-17(2)35(16)19-7-9-32-24(12-19)40-4)27-33-20-8-10-41-26(20)22(13-25(37)38)36(27)21-11-18(28(29,30)31)5-6-23(21)39-3/h5-12,16-17,22H,13-15H2,1-4H3,(H,37,38)/t16-,17+,22-/m0/s1. The highest BCUT2D eigenvalue weighted by atomic mass is 32.1. The molecule has 4 heterocycles. The number of fused-ring (bicyclic) bond motifs is 1. The van der Waals surface area contributed by atoms with Gasteiger partial charge in [0, 0.05) is 43.1 Å². The number of ether oxygens (including phenoxy) is 2. The van der Waals surface area contributed by atoms with Crippen LogP contribution in [0.2, 0.25) is 0 Å². The molecule has 2 aromatic heterocycles. The van der Waals surface area contributed by atoms with Crippen molar-refractivity contribution >= 4 is 40.3 Å². The zero-order valence-corrected chi connectivity index (χ0v) is 23.7. The first kappa shape index (κ1) is 28.5. The van der Waals surface area contributed by atoms with Gasteiger partial charge in [-0.1, -0.05) is 0 Å². The van der Waals surface area contributed by atoms with E-state index in [4.69, 9.17) is 14.5 Å². The molecule has 41 heavy (non-hydrogen) atoms. The summed E-state index contributed by atoms with van der Waals surface area (Å²) >= 11 is 1.33. The fourth-order valence-corrected chi connectivity index (χ4v) is 6.57. The minimum atomic E-state index is -4.61. The van der Waals surface area contributed by atoms with E-state index in [0.29, 0.717) is 35.5 Å². The molecular formula is C28H30F3N5O4S. The van der Waals surface area contributed by atoms with Crippen LogP contribution in [0.25, 0.3) is 0 Å². The predicted molar refractivity (Wildman–Crippen MR) is 151 cm³/mol. The number of aliphatic carboxylic acids is 1. The van der Waals surface area contributed by atoms with Crippen LogP contribution in [-0.2, 0) is 11.0 Å². The van der Waals surface area contributed by atoms with E-state index in [0.717, 1.165) is 17.8 Å². The number of nitrogens with zero attached hydrogens (tertiary/aromatic N) is 5. The van der Waals surface area contributed by atoms with Crippen LogP contribution in [0, 0.1) is 0 Å². The third-order valence-corrected chi connectivity index (χ3v) is 8.29. The van der Waals surface area contributed by atoms with Gasteiger partial charge in [0.2, 0.25) is 11.8 Å². The highest BCUT2D eigenvalue weighted by Gasteiger charge is 2.42. The summed E-state index contributed by atoms with van der Waals surface area (Å²) in [6.07, 6.45) is -3.26. The number of halogens is 3. The Morgan fingerprint density at radius 3 is 2.46 bits per heavy atom. The third-order valence-electron chi connectivity index (χ3n) is 7.28. The van der Waals surface area contributed by atoms with E-state index in [1.807, 2.05) is 28.5 Å². The van der Waals surface area contributed by atoms with Crippen LogP contribution >= 0.6 is 11.3 Å². The van der Waals surface area contributed by atoms with Gasteiger partial charge in [-0.3, -0.25) is 9.69 Å². The number of carboxylic acids is 1. The second-order valence-corrected chi connectivity index (χ2v) is 11.0. The van der Waals surface area contributed by atoms with Crippen molar-refractivity contribution in [3.8, 4) is 11.6 Å². The number of carboxylic acid groups (broad SMARTS) is 1. The summed E-state index contributed by atoms with van der Waals surface area (Å²) in [5.41, 5.74) is 0.785. The molecule has 0 aliphatic carbocycles. The van der Waals surface area contributed by atoms with Crippen molar-refractivity contribution in [1.29, 1.82) is 0 Å². The maximum atomic E-state index is 13.9. The normalized spacial score (nSPS) is 20.9. The molecule has 1 saturated heterocycles. The van der Waals surface area contributed by atoms with Gasteiger partial charge in [0.1, 0.15) is 5.75 Å². The lowest BCUT2D eigenvalue weighted by Crippen LogP contribution is -2.61. The molecule has 3 aromatic rings. The minimum absolute atomic E-state index is 0.0411. The molecule has 1 N–H and O–H groups in total. The largest absolute Gasteiger partial charge is 0.495 e. The van der Waals surface area contributed by atoms with Gasteiger partial charge < -0.3 is 24.4 Å². The summed E-state index contributed by atoms with van der Waals surface area (Å²) in [5.74, 6) is -0.0230. The van der Waals surface area contributed by atoms with Crippen LogP contribution in [0.5, 0.6) is 11.6 Å². The number of aromatic nitrogens is 1. The zero-order valence-electron chi connectivity index (χ0n) is 22.9. The lowest BCUT2D eigenvalue weighted by molar-refractivity contribution is -0.138. The van der Waals surface area contributed by atoms with Gasteiger partial charge in [-0.25, -0.2) is 9.98 Å². The molecule has 0 radical (unpaired) electrons. The molecule has 218 valence electrons. The Hall–Kier alpha value is -4.00. The molecule has 2 aliphatic heterocycles. The van der Waals surface area contributed by atoms with E-state index in [1.54, 1.807) is 18.2 Å². The molecule has 0 amide bonds. The first-order valence-electron chi connectivity index (χ1n) is 13.0. The summed E-state index contributed by atoms with van der Waals surface area (Å²) in [7, 11) is 2.93. The molecule has 9 nitrogen and oxygen atoms in total. The molecule has 13 heteroatoms. The minimum Gasteiger partial charge on any atom is -0.495 e. The van der Waals surface area contributed by atoms with E-state index in [2.05, 4.69) is 23.7 Å². The van der Waals surface area contributed by atoms with Crippen LogP contribution in [-0.4, -0.2) is 66.3 Å². The number of aliphatic imine (C=N–C) groups is 1. The first-order chi connectivity index (χ1) is 19.5. The number of hydrogen-bond donors (Lipinski definition) is 1. The number of hydrogen-bond acceptors (Lipinski definition) is 9. The summed E-state index contributed by atoms with van der Waals surface area (Å²) in [5, 5.41) is 11.7. The number of piperazine rings is 1. The second-order valence-electron chi connectivity index (χ2n) is 10.0. The van der Waals surface area contributed by atoms with E-state index in [9.17, 15) is 23.1 Å². The third kappa shape index (κ3) is 5.50. The van der Waals surface area contributed by atoms with Gasteiger partial charge in [0.15, 0.2) is 0 Å². The van der Waals surface area contributed by atoms with Crippen molar-refractivity contribution in [2.75, 3.05) is 37.1 Å². The van der Waals surface area contributed by atoms with Crippen molar-refractivity contribution in [2.24, 2.45) is 4.99 Å². The maximum Gasteiger partial charge on any atom is 0.416 e. The number of thiophene rings is 1. The van der Waals surface area contributed by atoms with E-state index < -0.39 is 23.8 Å². The highest BCUT2D eigenvalue weighted by Crippen LogP contribution is 2.47. The fraction of sp³-hybridized carbons (Fsp3) is 0.393. The van der Waals surface area contributed by atoms with Crippen LogP contribution < -0.4 is 19.3 Å². The number of carbonyl (C=O) groups is 1. The molecule has 1 aromatic carbocycles. The van der Waals surface area contributed by atoms with Crippen molar-refractivity contribution in [3.63, 3.8) is 0 Å². The Bertz CT molecular complexity index is 1450. The van der Waals surface area contributed by atoms with Gasteiger partial charge in [-0.05, 0) is 49.6 Å². The number of benzene rings is 1. The Labute approximate surface area is 239 Å². The lowest BCUT2D eigenvalue weighted by Gasteiger charge is -2.49. The lowest BCUT2D eigenvalue weighted by atomic mass is 10.0. The quantitative estimate of drug-likeness (QED) is 0.386. The van der Waals surface area contributed by atoms with Gasteiger partial charge >= 0.3 is 12.1 Å².